The minimum Gasteiger partial charge on any atom is -0.493 e. The molecule has 0 saturated heterocycles. The second-order valence-electron chi connectivity index (χ2n) is 7.43. The number of aryl methyl sites for hydroxylation is 3. The van der Waals surface area contributed by atoms with Crippen LogP contribution in [0.5, 0.6) is 11.5 Å². The van der Waals surface area contributed by atoms with Gasteiger partial charge in [0.15, 0.2) is 17.5 Å². The average Bonchev–Trinajstić information content (AvgIpc) is 2.65. The molecule has 0 saturated carbocycles. The van der Waals surface area contributed by atoms with Crippen LogP contribution in [0.15, 0.2) is 30.3 Å². The third kappa shape index (κ3) is 5.26. The molecule has 0 aliphatic heterocycles. The van der Waals surface area contributed by atoms with Gasteiger partial charge in [0, 0.05) is 11.3 Å². The van der Waals surface area contributed by atoms with Crippen molar-refractivity contribution in [3.05, 3.63) is 52.6 Å². The second kappa shape index (κ2) is 9.60. The molecule has 2 aromatic rings. The van der Waals surface area contributed by atoms with E-state index in [-0.39, 0.29) is 11.9 Å². The van der Waals surface area contributed by atoms with E-state index in [1.807, 2.05) is 52.9 Å². The van der Waals surface area contributed by atoms with Gasteiger partial charge in [0.25, 0.3) is 5.91 Å². The third-order valence-electron chi connectivity index (χ3n) is 5.07. The summed E-state index contributed by atoms with van der Waals surface area (Å²) in [7, 11) is 3.67. The van der Waals surface area contributed by atoms with Crippen molar-refractivity contribution < 1.29 is 19.2 Å². The summed E-state index contributed by atoms with van der Waals surface area (Å²) in [6.45, 7) is 11.3. The number of nitrogens with one attached hydrogen (secondary N) is 2. The van der Waals surface area contributed by atoms with E-state index in [4.69, 9.17) is 9.47 Å². The Bertz CT molecular complexity index is 810. The number of hydrogen-bond acceptors (Lipinski definition) is 3. The fourth-order valence-corrected chi connectivity index (χ4v) is 3.40. The first-order valence-electron chi connectivity index (χ1n) is 9.77. The largest absolute Gasteiger partial charge is 0.493 e. The lowest BCUT2D eigenvalue weighted by Gasteiger charge is -2.22. The van der Waals surface area contributed by atoms with E-state index in [2.05, 4.69) is 24.4 Å². The molecular weight excluding hydrogens is 352 g/mol. The molecule has 2 atom stereocenters. The molecule has 0 heterocycles. The zero-order chi connectivity index (χ0) is 20.8. The Hall–Kier alpha value is -2.53. The molecule has 0 radical (unpaired) electrons. The van der Waals surface area contributed by atoms with Crippen molar-refractivity contribution in [1.82, 2.24) is 0 Å². The SMILES string of the molecule is CCOc1ccc(C[NH+](C)[C@H](C)C(=O)Nc2c(C)cc(C)cc2C)cc1OC. The number of anilines is 1. The van der Waals surface area contributed by atoms with Crippen molar-refractivity contribution in [2.24, 2.45) is 0 Å². The van der Waals surface area contributed by atoms with Crippen molar-refractivity contribution >= 4 is 11.6 Å². The van der Waals surface area contributed by atoms with E-state index in [1.165, 1.54) is 5.56 Å². The molecule has 0 bridgehead atoms. The van der Waals surface area contributed by atoms with Crippen molar-refractivity contribution in [3.63, 3.8) is 0 Å². The molecule has 0 aliphatic carbocycles. The van der Waals surface area contributed by atoms with Crippen LogP contribution in [-0.2, 0) is 11.3 Å². The number of benzene rings is 2. The Balaban J connectivity index is 2.08. The van der Waals surface area contributed by atoms with E-state index in [1.54, 1.807) is 7.11 Å². The number of carbonyl (C=O) groups is 1. The predicted octanol–water partition coefficient (Wildman–Crippen LogP) is 3.06. The van der Waals surface area contributed by atoms with Gasteiger partial charge >= 0.3 is 0 Å². The molecule has 1 unspecified atom stereocenters. The van der Waals surface area contributed by atoms with E-state index >= 15 is 0 Å². The highest BCUT2D eigenvalue weighted by Crippen LogP contribution is 2.27. The van der Waals surface area contributed by atoms with Crippen LogP contribution in [0.2, 0.25) is 0 Å². The Kier molecular flexibility index (Phi) is 7.46. The van der Waals surface area contributed by atoms with E-state index in [0.717, 1.165) is 38.8 Å². The molecule has 1 amide bonds. The molecule has 28 heavy (non-hydrogen) atoms. The van der Waals surface area contributed by atoms with Crippen LogP contribution in [0, 0.1) is 20.8 Å². The zero-order valence-electron chi connectivity index (χ0n) is 18.1. The second-order valence-corrected chi connectivity index (χ2v) is 7.43. The summed E-state index contributed by atoms with van der Waals surface area (Å²) in [6.07, 6.45) is 0. The van der Waals surface area contributed by atoms with Crippen LogP contribution in [-0.4, -0.2) is 32.7 Å². The lowest BCUT2D eigenvalue weighted by Crippen LogP contribution is -3.12. The minimum atomic E-state index is -0.197. The van der Waals surface area contributed by atoms with E-state index in [9.17, 15) is 4.79 Å². The zero-order valence-corrected chi connectivity index (χ0v) is 18.1. The van der Waals surface area contributed by atoms with E-state index < -0.39 is 0 Å². The topological polar surface area (TPSA) is 52.0 Å². The van der Waals surface area contributed by atoms with Crippen LogP contribution < -0.4 is 19.7 Å². The van der Waals surface area contributed by atoms with Crippen LogP contribution in [0.25, 0.3) is 0 Å². The molecule has 0 aliphatic rings. The highest BCUT2D eigenvalue weighted by molar-refractivity contribution is 5.95. The lowest BCUT2D eigenvalue weighted by atomic mass is 10.0. The summed E-state index contributed by atoms with van der Waals surface area (Å²) in [5, 5.41) is 3.12. The van der Waals surface area contributed by atoms with Gasteiger partial charge in [0.2, 0.25) is 0 Å². The number of methoxy groups -OCH3 is 1. The molecule has 0 fully saturated rings. The fourth-order valence-electron chi connectivity index (χ4n) is 3.40. The number of hydrogen-bond donors (Lipinski definition) is 2. The van der Waals surface area contributed by atoms with Gasteiger partial charge in [-0.15, -0.1) is 0 Å². The van der Waals surface area contributed by atoms with Crippen LogP contribution in [0.3, 0.4) is 0 Å². The lowest BCUT2D eigenvalue weighted by molar-refractivity contribution is -0.907. The standard InChI is InChI=1S/C23H32N2O3/c1-8-28-20-10-9-19(13-21(20)27-7)14-25(6)18(5)23(26)24-22-16(3)11-15(2)12-17(22)4/h9-13,18H,8,14H2,1-7H3,(H,24,26)/p+1/t18-/m1/s1. The monoisotopic (exact) mass is 385 g/mol. The number of rotatable bonds is 8. The molecule has 2 aromatic carbocycles. The molecule has 0 spiro atoms. The van der Waals surface area contributed by atoms with Crippen molar-refractivity contribution in [3.8, 4) is 11.5 Å². The third-order valence-corrected chi connectivity index (χ3v) is 5.07. The number of ether oxygens (including phenoxy) is 2. The Morgan fingerprint density at radius 2 is 1.75 bits per heavy atom. The summed E-state index contributed by atoms with van der Waals surface area (Å²) in [4.78, 5) is 13.9. The van der Waals surface area contributed by atoms with Gasteiger partial charge in [-0.2, -0.15) is 0 Å². The van der Waals surface area contributed by atoms with Crippen molar-refractivity contribution in [1.29, 1.82) is 0 Å². The van der Waals surface area contributed by atoms with Gasteiger partial charge in [-0.3, -0.25) is 4.79 Å². The average molecular weight is 386 g/mol. The van der Waals surface area contributed by atoms with Crippen LogP contribution >= 0.6 is 0 Å². The molecule has 2 rings (SSSR count). The number of carbonyl (C=O) groups excluding carboxylic acids is 1. The fraction of sp³-hybridized carbons (Fsp3) is 0.435. The number of likely N-dealkylation sites (N-methyl/N-ethyl adjacent to an activating group) is 1. The van der Waals surface area contributed by atoms with Crippen LogP contribution in [0.4, 0.5) is 5.69 Å². The normalized spacial score (nSPS) is 13.0. The number of quaternary nitrogens is 1. The maximum absolute atomic E-state index is 12.8. The summed E-state index contributed by atoms with van der Waals surface area (Å²) in [5.41, 5.74) is 5.39. The Morgan fingerprint density at radius 1 is 1.11 bits per heavy atom. The minimum absolute atomic E-state index is 0.0189. The summed E-state index contributed by atoms with van der Waals surface area (Å²) in [6, 6.07) is 9.92. The van der Waals surface area contributed by atoms with Gasteiger partial charge in [-0.05, 0) is 63.9 Å². The summed E-state index contributed by atoms with van der Waals surface area (Å²) < 4.78 is 11.0. The van der Waals surface area contributed by atoms with Gasteiger partial charge in [-0.25, -0.2) is 0 Å². The molecule has 5 nitrogen and oxygen atoms in total. The van der Waals surface area contributed by atoms with Crippen molar-refractivity contribution in [2.75, 3.05) is 26.1 Å². The molecule has 2 N–H and O–H groups in total. The first-order chi connectivity index (χ1) is 13.3. The maximum atomic E-state index is 12.8. The molecular formula is C23H33N2O3+. The first kappa shape index (κ1) is 21.8. The van der Waals surface area contributed by atoms with Crippen LogP contribution in [0.1, 0.15) is 36.1 Å². The van der Waals surface area contributed by atoms with Gasteiger partial charge in [-0.1, -0.05) is 17.7 Å². The first-order valence-corrected chi connectivity index (χ1v) is 9.77. The smallest absolute Gasteiger partial charge is 0.282 e. The molecule has 0 aromatic heterocycles. The molecule has 5 heteroatoms. The summed E-state index contributed by atoms with van der Waals surface area (Å²) >= 11 is 0. The predicted molar refractivity (Wildman–Crippen MR) is 113 cm³/mol. The highest BCUT2D eigenvalue weighted by atomic mass is 16.5. The molecule has 152 valence electrons. The van der Waals surface area contributed by atoms with Crippen molar-refractivity contribution in [2.45, 2.75) is 47.2 Å². The Morgan fingerprint density at radius 3 is 2.32 bits per heavy atom. The van der Waals surface area contributed by atoms with E-state index in [0.29, 0.717) is 13.2 Å². The Labute approximate surface area is 168 Å². The van der Waals surface area contributed by atoms with Gasteiger partial charge in [0.1, 0.15) is 6.54 Å². The number of amides is 1. The quantitative estimate of drug-likeness (QED) is 0.734. The maximum Gasteiger partial charge on any atom is 0.282 e. The van der Waals surface area contributed by atoms with Gasteiger partial charge in [0.05, 0.1) is 20.8 Å². The summed E-state index contributed by atoms with van der Waals surface area (Å²) in [5.74, 6) is 1.48. The van der Waals surface area contributed by atoms with Gasteiger partial charge < -0.3 is 19.7 Å². The highest BCUT2D eigenvalue weighted by Gasteiger charge is 2.23.